The lowest BCUT2D eigenvalue weighted by Crippen LogP contribution is -2.44. The van der Waals surface area contributed by atoms with Gasteiger partial charge < -0.3 is 10.1 Å². The summed E-state index contributed by atoms with van der Waals surface area (Å²) in [5.41, 5.74) is 0.404. The number of hydrogen-bond donors (Lipinski definition) is 2. The van der Waals surface area contributed by atoms with Gasteiger partial charge in [0.1, 0.15) is 0 Å². The molecule has 0 aliphatic rings. The molecule has 3 amide bonds. The van der Waals surface area contributed by atoms with Crippen LogP contribution in [0, 0.1) is 0 Å². The number of fused-ring (bicyclic) bond motifs is 2. The molecule has 138 valence electrons. The topological polar surface area (TPSA) is 84.5 Å². The first-order valence-electron chi connectivity index (χ1n) is 8.71. The summed E-state index contributed by atoms with van der Waals surface area (Å²) in [4.78, 5) is 36.4. The molecule has 0 radical (unpaired) electrons. The molecule has 0 fully saturated rings. The Balaban J connectivity index is 1.93. The monoisotopic (exact) mass is 364 g/mol. The fourth-order valence-corrected chi connectivity index (χ4v) is 2.92. The molecule has 3 aromatic rings. The second-order valence-corrected chi connectivity index (χ2v) is 6.09. The molecule has 0 aliphatic carbocycles. The molecule has 0 heterocycles. The second-order valence-electron chi connectivity index (χ2n) is 6.09. The van der Waals surface area contributed by atoms with Gasteiger partial charge in [0.05, 0.1) is 5.56 Å². The fourth-order valence-electron chi connectivity index (χ4n) is 2.92. The van der Waals surface area contributed by atoms with Crippen LogP contribution in [0.2, 0.25) is 0 Å². The highest BCUT2D eigenvalue weighted by Crippen LogP contribution is 2.29. The zero-order valence-corrected chi connectivity index (χ0v) is 15.1. The molecule has 0 saturated heterocycles. The molecule has 2 N–H and O–H groups in total. The van der Waals surface area contributed by atoms with E-state index in [9.17, 15) is 14.4 Å². The largest absolute Gasteiger partial charge is 0.449 e. The van der Waals surface area contributed by atoms with Gasteiger partial charge in [0.25, 0.3) is 5.91 Å². The summed E-state index contributed by atoms with van der Waals surface area (Å²) < 4.78 is 5.36. The minimum absolute atomic E-state index is 0.384. The molecule has 6 heteroatoms. The van der Waals surface area contributed by atoms with Crippen LogP contribution >= 0.6 is 0 Å². The fraction of sp³-hybridized carbons (Fsp3) is 0.190. The predicted molar refractivity (Wildman–Crippen MR) is 104 cm³/mol. The average molecular weight is 364 g/mol. The number of hydrogen-bond acceptors (Lipinski definition) is 4. The van der Waals surface area contributed by atoms with E-state index in [0.29, 0.717) is 12.1 Å². The van der Waals surface area contributed by atoms with Crippen LogP contribution in [0.4, 0.5) is 4.79 Å². The highest BCUT2D eigenvalue weighted by Gasteiger charge is 2.23. The molecule has 0 bridgehead atoms. The second kappa shape index (κ2) is 7.86. The maximum atomic E-state index is 12.9. The van der Waals surface area contributed by atoms with Gasteiger partial charge in [-0.1, -0.05) is 48.5 Å². The van der Waals surface area contributed by atoms with Crippen molar-refractivity contribution >= 4 is 39.5 Å². The summed E-state index contributed by atoms with van der Waals surface area (Å²) in [6.07, 6.45) is -1.11. The van der Waals surface area contributed by atoms with Gasteiger partial charge in [-0.2, -0.15) is 0 Å². The van der Waals surface area contributed by atoms with E-state index in [4.69, 9.17) is 4.74 Å². The van der Waals surface area contributed by atoms with Gasteiger partial charge in [-0.15, -0.1) is 0 Å². The quantitative estimate of drug-likeness (QED) is 0.549. The van der Waals surface area contributed by atoms with Crippen molar-refractivity contribution in [1.82, 2.24) is 10.6 Å². The Labute approximate surface area is 156 Å². The number of benzene rings is 3. The number of esters is 1. The minimum Gasteiger partial charge on any atom is -0.449 e. The SMILES string of the molecule is CCNC(=O)NC(=O)[C@H](C)OC(=O)c1c2ccccc2cc2ccccc12. The maximum absolute atomic E-state index is 12.9. The van der Waals surface area contributed by atoms with Gasteiger partial charge in [0.15, 0.2) is 6.10 Å². The van der Waals surface area contributed by atoms with E-state index in [1.54, 1.807) is 6.92 Å². The molecule has 0 aromatic heterocycles. The number of ether oxygens (including phenoxy) is 1. The summed E-state index contributed by atoms with van der Waals surface area (Å²) in [6, 6.07) is 16.4. The Morgan fingerprint density at radius 2 is 1.52 bits per heavy atom. The van der Waals surface area contributed by atoms with Gasteiger partial charge >= 0.3 is 12.0 Å². The van der Waals surface area contributed by atoms with Crippen molar-refractivity contribution in [3.05, 3.63) is 60.2 Å². The molecule has 27 heavy (non-hydrogen) atoms. The third-order valence-electron chi connectivity index (χ3n) is 4.20. The van der Waals surface area contributed by atoms with Gasteiger partial charge in [0, 0.05) is 6.54 Å². The Morgan fingerprint density at radius 1 is 0.963 bits per heavy atom. The van der Waals surface area contributed by atoms with E-state index in [-0.39, 0.29) is 0 Å². The lowest BCUT2D eigenvalue weighted by molar-refractivity contribution is -0.127. The summed E-state index contributed by atoms with van der Waals surface area (Å²) in [5.74, 6) is -1.29. The van der Waals surface area contributed by atoms with E-state index in [1.807, 2.05) is 54.6 Å². The van der Waals surface area contributed by atoms with Crippen molar-refractivity contribution in [1.29, 1.82) is 0 Å². The van der Waals surface area contributed by atoms with Crippen molar-refractivity contribution in [2.45, 2.75) is 20.0 Å². The van der Waals surface area contributed by atoms with Crippen LogP contribution in [0.1, 0.15) is 24.2 Å². The number of carbonyl (C=O) groups is 3. The van der Waals surface area contributed by atoms with Crippen LogP contribution in [-0.2, 0) is 9.53 Å². The molecule has 6 nitrogen and oxygen atoms in total. The molecule has 0 aliphatic heterocycles. The van der Waals surface area contributed by atoms with Crippen molar-refractivity contribution in [2.24, 2.45) is 0 Å². The maximum Gasteiger partial charge on any atom is 0.340 e. The van der Waals surface area contributed by atoms with Crippen LogP contribution < -0.4 is 10.6 Å². The Bertz CT molecular complexity index is 975. The Hall–Kier alpha value is -3.41. The number of carbonyl (C=O) groups excluding carboxylic acids is 3. The molecule has 0 unspecified atom stereocenters. The number of urea groups is 1. The van der Waals surface area contributed by atoms with Gasteiger partial charge in [-0.25, -0.2) is 9.59 Å². The number of rotatable bonds is 4. The van der Waals surface area contributed by atoms with Crippen LogP contribution in [0.25, 0.3) is 21.5 Å². The summed E-state index contributed by atoms with van der Waals surface area (Å²) in [7, 11) is 0. The zero-order chi connectivity index (χ0) is 19.4. The molecule has 0 saturated carbocycles. The predicted octanol–water partition coefficient (Wildman–Crippen LogP) is 3.38. The smallest absolute Gasteiger partial charge is 0.340 e. The van der Waals surface area contributed by atoms with Crippen LogP contribution in [0.5, 0.6) is 0 Å². The van der Waals surface area contributed by atoms with E-state index >= 15 is 0 Å². The van der Waals surface area contributed by atoms with Gasteiger partial charge in [0.2, 0.25) is 0 Å². The van der Waals surface area contributed by atoms with E-state index in [2.05, 4.69) is 10.6 Å². The van der Waals surface area contributed by atoms with Crippen molar-refractivity contribution < 1.29 is 19.1 Å². The third-order valence-corrected chi connectivity index (χ3v) is 4.20. The standard InChI is InChI=1S/C21H20N2O4/c1-3-22-21(26)23-19(24)13(2)27-20(25)18-16-10-6-4-8-14(16)12-15-9-5-7-11-17(15)18/h4-13H,3H2,1-2H3,(H2,22,23,24,26)/t13-/m0/s1. The summed E-state index contributed by atoms with van der Waals surface area (Å²) in [6.45, 7) is 3.55. The molecule has 1 atom stereocenters. The van der Waals surface area contributed by atoms with Gasteiger partial charge in [-0.3, -0.25) is 10.1 Å². The first-order valence-corrected chi connectivity index (χ1v) is 8.71. The average Bonchev–Trinajstić information content (AvgIpc) is 2.65. The lowest BCUT2D eigenvalue weighted by atomic mass is 9.97. The summed E-state index contributed by atoms with van der Waals surface area (Å²) in [5, 5.41) is 7.90. The highest BCUT2D eigenvalue weighted by molar-refractivity contribution is 6.17. The van der Waals surface area contributed by atoms with Crippen molar-refractivity contribution in [3.8, 4) is 0 Å². The molecule has 3 aromatic carbocycles. The Morgan fingerprint density at radius 3 is 2.07 bits per heavy atom. The number of nitrogens with one attached hydrogen (secondary N) is 2. The van der Waals surface area contributed by atoms with Crippen molar-refractivity contribution in [3.63, 3.8) is 0 Å². The van der Waals surface area contributed by atoms with Crippen molar-refractivity contribution in [2.75, 3.05) is 6.54 Å². The third kappa shape index (κ3) is 3.89. The molecular weight excluding hydrogens is 344 g/mol. The Kier molecular flexibility index (Phi) is 5.35. The lowest BCUT2D eigenvalue weighted by Gasteiger charge is -2.15. The molecule has 0 spiro atoms. The van der Waals surface area contributed by atoms with Crippen LogP contribution in [0.3, 0.4) is 0 Å². The van der Waals surface area contributed by atoms with Crippen LogP contribution in [0.15, 0.2) is 54.6 Å². The van der Waals surface area contributed by atoms with E-state index in [0.717, 1.165) is 21.5 Å². The minimum atomic E-state index is -1.11. The zero-order valence-electron chi connectivity index (χ0n) is 15.1. The first kappa shape index (κ1) is 18.4. The molecular formula is C21H20N2O4. The summed E-state index contributed by atoms with van der Waals surface area (Å²) >= 11 is 0. The number of amides is 3. The number of imide groups is 1. The van der Waals surface area contributed by atoms with E-state index in [1.165, 1.54) is 6.92 Å². The van der Waals surface area contributed by atoms with Crippen LogP contribution in [-0.4, -0.2) is 30.6 Å². The highest BCUT2D eigenvalue weighted by atomic mass is 16.5. The molecule has 3 rings (SSSR count). The van der Waals surface area contributed by atoms with Gasteiger partial charge in [-0.05, 0) is 41.5 Å². The first-order chi connectivity index (χ1) is 13.0. The van der Waals surface area contributed by atoms with E-state index < -0.39 is 24.0 Å². The normalized spacial score (nSPS) is 11.8.